The number of benzene rings is 1. The highest BCUT2D eigenvalue weighted by Gasteiger charge is 2.15. The summed E-state index contributed by atoms with van der Waals surface area (Å²) in [6.45, 7) is 2.25. The molecule has 0 aromatic heterocycles. The molecule has 6 nitrogen and oxygen atoms in total. The minimum atomic E-state index is -0.445. The lowest BCUT2D eigenvalue weighted by Crippen LogP contribution is -2.11. The van der Waals surface area contributed by atoms with Gasteiger partial charge in [-0.3, -0.25) is 15.5 Å². The van der Waals surface area contributed by atoms with Crippen LogP contribution >= 0.6 is 0 Å². The highest BCUT2D eigenvalue weighted by molar-refractivity contribution is 5.76. The molecule has 0 radical (unpaired) electrons. The Hall–Kier alpha value is -2.11. The fourth-order valence-corrected chi connectivity index (χ4v) is 1.49. The van der Waals surface area contributed by atoms with E-state index in [4.69, 9.17) is 15.9 Å². The second-order valence-electron chi connectivity index (χ2n) is 3.89. The Morgan fingerprint density at radius 2 is 2.28 bits per heavy atom. The highest BCUT2D eigenvalue weighted by atomic mass is 16.6. The van der Waals surface area contributed by atoms with Crippen molar-refractivity contribution in [2.24, 2.45) is 5.73 Å². The zero-order valence-electron chi connectivity index (χ0n) is 10.3. The van der Waals surface area contributed by atoms with Crippen LogP contribution in [0, 0.1) is 15.5 Å². The molecule has 0 aliphatic carbocycles. The minimum Gasteiger partial charge on any atom is -0.487 e. The Balaban J connectivity index is 2.69. The Kier molecular flexibility index (Phi) is 5.10. The fraction of sp³-hybridized carbons (Fsp3) is 0.417. The van der Waals surface area contributed by atoms with E-state index in [1.165, 1.54) is 6.07 Å². The standard InChI is InChI=1S/C12H17N3O3/c1-2-9-5-6-11(10(8-9)15(16)17)18-7-3-4-12(13)14/h5-6,8H,2-4,7H2,1H3,(H3,13,14). The predicted molar refractivity (Wildman–Crippen MR) is 69.1 cm³/mol. The molecule has 0 aliphatic heterocycles. The number of nitrogens with zero attached hydrogens (tertiary/aromatic N) is 1. The molecule has 0 fully saturated rings. The van der Waals surface area contributed by atoms with Crippen LogP contribution in [0.4, 0.5) is 5.69 Å². The third kappa shape index (κ3) is 4.04. The van der Waals surface area contributed by atoms with Crippen molar-refractivity contribution in [3.8, 4) is 5.75 Å². The maximum Gasteiger partial charge on any atom is 0.311 e. The van der Waals surface area contributed by atoms with Crippen LogP contribution in [-0.4, -0.2) is 17.4 Å². The molecule has 1 aromatic carbocycles. The van der Waals surface area contributed by atoms with E-state index in [0.29, 0.717) is 19.4 Å². The summed E-state index contributed by atoms with van der Waals surface area (Å²) in [5.74, 6) is 0.357. The SMILES string of the molecule is CCc1ccc(OCCCC(=N)N)c([N+](=O)[O-])c1. The van der Waals surface area contributed by atoms with Crippen LogP contribution in [0.25, 0.3) is 0 Å². The molecule has 0 unspecified atom stereocenters. The van der Waals surface area contributed by atoms with Crippen LogP contribution in [0.15, 0.2) is 18.2 Å². The first-order valence-electron chi connectivity index (χ1n) is 5.77. The molecule has 0 bridgehead atoms. The summed E-state index contributed by atoms with van der Waals surface area (Å²) in [6.07, 6.45) is 1.74. The van der Waals surface area contributed by atoms with E-state index in [0.717, 1.165) is 12.0 Å². The summed E-state index contributed by atoms with van der Waals surface area (Å²) in [6, 6.07) is 4.96. The first-order chi connectivity index (χ1) is 8.54. The fourth-order valence-electron chi connectivity index (χ4n) is 1.49. The smallest absolute Gasteiger partial charge is 0.311 e. The summed E-state index contributed by atoms with van der Waals surface area (Å²) in [4.78, 5) is 10.5. The number of nitrogens with two attached hydrogens (primary N) is 1. The average Bonchev–Trinajstić information content (AvgIpc) is 2.34. The van der Waals surface area contributed by atoms with E-state index in [1.807, 2.05) is 13.0 Å². The van der Waals surface area contributed by atoms with Gasteiger partial charge in [-0.05, 0) is 24.5 Å². The van der Waals surface area contributed by atoms with Crippen molar-refractivity contribution >= 4 is 11.5 Å². The molecule has 0 aliphatic rings. The molecule has 0 spiro atoms. The van der Waals surface area contributed by atoms with E-state index in [-0.39, 0.29) is 17.3 Å². The van der Waals surface area contributed by atoms with Gasteiger partial charge in [0.25, 0.3) is 0 Å². The lowest BCUT2D eigenvalue weighted by molar-refractivity contribution is -0.385. The van der Waals surface area contributed by atoms with Crippen LogP contribution in [0.5, 0.6) is 5.75 Å². The number of hydrogen-bond acceptors (Lipinski definition) is 4. The number of nitro groups is 1. The summed E-state index contributed by atoms with van der Waals surface area (Å²) >= 11 is 0. The molecule has 1 aromatic rings. The monoisotopic (exact) mass is 251 g/mol. The first kappa shape index (κ1) is 14.0. The van der Waals surface area contributed by atoms with Gasteiger partial charge in [-0.15, -0.1) is 0 Å². The normalized spacial score (nSPS) is 10.1. The second-order valence-corrected chi connectivity index (χ2v) is 3.89. The zero-order chi connectivity index (χ0) is 13.5. The van der Waals surface area contributed by atoms with Crippen molar-refractivity contribution in [2.75, 3.05) is 6.61 Å². The number of ether oxygens (including phenoxy) is 1. The van der Waals surface area contributed by atoms with Crippen LogP contribution in [-0.2, 0) is 6.42 Å². The van der Waals surface area contributed by atoms with Crippen molar-refractivity contribution in [1.82, 2.24) is 0 Å². The van der Waals surface area contributed by atoms with Gasteiger partial charge in [0.15, 0.2) is 5.75 Å². The number of amidine groups is 1. The summed E-state index contributed by atoms with van der Waals surface area (Å²) < 4.78 is 5.35. The molecule has 3 N–H and O–H groups in total. The molecule has 0 saturated carbocycles. The lowest BCUT2D eigenvalue weighted by Gasteiger charge is -2.07. The van der Waals surface area contributed by atoms with Crippen molar-refractivity contribution in [1.29, 1.82) is 5.41 Å². The average molecular weight is 251 g/mol. The molecule has 0 heterocycles. The number of aryl methyl sites for hydroxylation is 1. The van der Waals surface area contributed by atoms with Crippen LogP contribution < -0.4 is 10.5 Å². The van der Waals surface area contributed by atoms with Crippen molar-refractivity contribution in [3.63, 3.8) is 0 Å². The van der Waals surface area contributed by atoms with Gasteiger partial charge >= 0.3 is 5.69 Å². The largest absolute Gasteiger partial charge is 0.487 e. The third-order valence-corrected chi connectivity index (χ3v) is 2.48. The van der Waals surface area contributed by atoms with E-state index in [1.54, 1.807) is 6.07 Å². The van der Waals surface area contributed by atoms with E-state index < -0.39 is 4.92 Å². The molecule has 98 valence electrons. The third-order valence-electron chi connectivity index (χ3n) is 2.48. The van der Waals surface area contributed by atoms with Gasteiger partial charge in [-0.1, -0.05) is 13.0 Å². The lowest BCUT2D eigenvalue weighted by atomic mass is 10.1. The molecule has 1 rings (SSSR count). The zero-order valence-corrected chi connectivity index (χ0v) is 10.3. The van der Waals surface area contributed by atoms with Gasteiger partial charge < -0.3 is 10.5 Å². The van der Waals surface area contributed by atoms with Gasteiger partial charge in [-0.25, -0.2) is 0 Å². The second kappa shape index (κ2) is 6.58. The Labute approximate surface area is 105 Å². The molecular formula is C12H17N3O3. The van der Waals surface area contributed by atoms with E-state index in [9.17, 15) is 10.1 Å². The highest BCUT2D eigenvalue weighted by Crippen LogP contribution is 2.28. The van der Waals surface area contributed by atoms with Gasteiger partial charge in [0, 0.05) is 12.5 Å². The maximum atomic E-state index is 10.9. The topological polar surface area (TPSA) is 102 Å². The van der Waals surface area contributed by atoms with Crippen molar-refractivity contribution in [2.45, 2.75) is 26.2 Å². The predicted octanol–water partition coefficient (Wildman–Crippen LogP) is 2.25. The first-order valence-corrected chi connectivity index (χ1v) is 5.77. The summed E-state index contributed by atoms with van der Waals surface area (Å²) in [5.41, 5.74) is 6.09. The van der Waals surface area contributed by atoms with Gasteiger partial charge in [0.05, 0.1) is 17.4 Å². The quantitative estimate of drug-likeness (QED) is 0.255. The number of nitrogens with one attached hydrogen (secondary N) is 1. The molecule has 6 heteroatoms. The van der Waals surface area contributed by atoms with E-state index in [2.05, 4.69) is 0 Å². The van der Waals surface area contributed by atoms with Gasteiger partial charge in [0.2, 0.25) is 0 Å². The Morgan fingerprint density at radius 3 is 2.83 bits per heavy atom. The van der Waals surface area contributed by atoms with Crippen molar-refractivity contribution in [3.05, 3.63) is 33.9 Å². The van der Waals surface area contributed by atoms with Crippen LogP contribution in [0.3, 0.4) is 0 Å². The Bertz CT molecular complexity index is 446. The molecule has 18 heavy (non-hydrogen) atoms. The van der Waals surface area contributed by atoms with Crippen molar-refractivity contribution < 1.29 is 9.66 Å². The number of nitro benzene ring substituents is 1. The molecular weight excluding hydrogens is 234 g/mol. The minimum absolute atomic E-state index is 0.0165. The summed E-state index contributed by atoms with van der Waals surface area (Å²) in [5, 5.41) is 18.0. The van der Waals surface area contributed by atoms with Crippen LogP contribution in [0.2, 0.25) is 0 Å². The Morgan fingerprint density at radius 1 is 1.56 bits per heavy atom. The van der Waals surface area contributed by atoms with E-state index >= 15 is 0 Å². The van der Waals surface area contributed by atoms with Crippen LogP contribution in [0.1, 0.15) is 25.3 Å². The maximum absolute atomic E-state index is 10.9. The number of hydrogen-bond donors (Lipinski definition) is 2. The number of rotatable bonds is 7. The molecule has 0 amide bonds. The molecule has 0 atom stereocenters. The van der Waals surface area contributed by atoms with Gasteiger partial charge in [-0.2, -0.15) is 0 Å². The van der Waals surface area contributed by atoms with Gasteiger partial charge in [0.1, 0.15) is 0 Å². The molecule has 0 saturated heterocycles. The summed E-state index contributed by atoms with van der Waals surface area (Å²) in [7, 11) is 0.